The van der Waals surface area contributed by atoms with Gasteiger partial charge in [-0.2, -0.15) is 0 Å². The first-order valence-corrected chi connectivity index (χ1v) is 8.79. The van der Waals surface area contributed by atoms with Crippen LogP contribution in [-0.4, -0.2) is 39.2 Å². The third-order valence-corrected chi connectivity index (χ3v) is 4.48. The summed E-state index contributed by atoms with van der Waals surface area (Å²) in [4.78, 5) is 23.5. The van der Waals surface area contributed by atoms with Crippen LogP contribution < -0.4 is 14.2 Å². The average molecular weight is 370 g/mol. The van der Waals surface area contributed by atoms with Gasteiger partial charge in [0.1, 0.15) is 0 Å². The van der Waals surface area contributed by atoms with Gasteiger partial charge < -0.3 is 18.9 Å². The SMILES string of the molecule is CCOc1c(OC)ccc(-c2ccc3c(c2)CCC3=O)c1OCC(=O)OC. The van der Waals surface area contributed by atoms with E-state index in [0.29, 0.717) is 30.3 Å². The Kier molecular flexibility index (Phi) is 5.64. The average Bonchev–Trinajstić information content (AvgIpc) is 3.06. The van der Waals surface area contributed by atoms with Gasteiger partial charge in [0.05, 0.1) is 20.8 Å². The second-order valence-corrected chi connectivity index (χ2v) is 6.07. The quantitative estimate of drug-likeness (QED) is 0.696. The van der Waals surface area contributed by atoms with Gasteiger partial charge in [-0.1, -0.05) is 18.2 Å². The van der Waals surface area contributed by atoms with Crippen LogP contribution in [0, 0.1) is 0 Å². The second-order valence-electron chi connectivity index (χ2n) is 6.07. The van der Waals surface area contributed by atoms with Gasteiger partial charge in [-0.05, 0) is 36.6 Å². The monoisotopic (exact) mass is 370 g/mol. The second kappa shape index (κ2) is 8.12. The first-order chi connectivity index (χ1) is 13.1. The Morgan fingerprint density at radius 3 is 2.48 bits per heavy atom. The van der Waals surface area contributed by atoms with Crippen molar-refractivity contribution in [1.82, 2.24) is 0 Å². The lowest BCUT2D eigenvalue weighted by atomic mass is 9.99. The van der Waals surface area contributed by atoms with E-state index in [4.69, 9.17) is 14.2 Å². The van der Waals surface area contributed by atoms with Crippen molar-refractivity contribution >= 4 is 11.8 Å². The molecule has 0 aromatic heterocycles. The highest BCUT2D eigenvalue weighted by molar-refractivity contribution is 6.01. The predicted molar refractivity (Wildman–Crippen MR) is 99.8 cm³/mol. The number of fused-ring (bicyclic) bond motifs is 1. The van der Waals surface area contributed by atoms with Gasteiger partial charge in [-0.15, -0.1) is 0 Å². The molecule has 0 atom stereocenters. The first kappa shape index (κ1) is 18.8. The van der Waals surface area contributed by atoms with Crippen LogP contribution in [0.3, 0.4) is 0 Å². The molecule has 0 bridgehead atoms. The number of carbonyl (C=O) groups is 2. The minimum Gasteiger partial charge on any atom is -0.493 e. The minimum atomic E-state index is -0.495. The summed E-state index contributed by atoms with van der Waals surface area (Å²) in [6.45, 7) is 2.02. The first-order valence-electron chi connectivity index (χ1n) is 8.79. The summed E-state index contributed by atoms with van der Waals surface area (Å²) < 4.78 is 21.6. The molecule has 0 spiro atoms. The number of methoxy groups -OCH3 is 2. The van der Waals surface area contributed by atoms with Crippen LogP contribution in [0.2, 0.25) is 0 Å². The van der Waals surface area contributed by atoms with Crippen molar-refractivity contribution in [2.75, 3.05) is 27.4 Å². The Labute approximate surface area is 158 Å². The maximum atomic E-state index is 11.9. The molecule has 0 fully saturated rings. The number of hydrogen-bond acceptors (Lipinski definition) is 6. The van der Waals surface area contributed by atoms with Gasteiger partial charge >= 0.3 is 5.97 Å². The van der Waals surface area contributed by atoms with Gasteiger partial charge in [0, 0.05) is 17.5 Å². The molecule has 3 rings (SSSR count). The molecule has 0 amide bonds. The van der Waals surface area contributed by atoms with Crippen molar-refractivity contribution in [1.29, 1.82) is 0 Å². The van der Waals surface area contributed by atoms with Crippen LogP contribution in [0.25, 0.3) is 11.1 Å². The molecule has 1 aliphatic carbocycles. The molecule has 0 heterocycles. The molecule has 142 valence electrons. The third-order valence-electron chi connectivity index (χ3n) is 4.48. The molecule has 0 unspecified atom stereocenters. The summed E-state index contributed by atoms with van der Waals surface area (Å²) in [5, 5.41) is 0. The predicted octanol–water partition coefficient (Wildman–Crippen LogP) is 3.44. The lowest BCUT2D eigenvalue weighted by molar-refractivity contribution is -0.142. The van der Waals surface area contributed by atoms with Gasteiger partial charge in [0.15, 0.2) is 23.9 Å². The highest BCUT2D eigenvalue weighted by atomic mass is 16.6. The molecule has 6 heteroatoms. The Bertz CT molecular complexity index is 871. The van der Waals surface area contributed by atoms with E-state index in [9.17, 15) is 9.59 Å². The molecule has 0 saturated carbocycles. The number of Topliss-reactive ketones (excluding diaryl/α,β-unsaturated/α-hetero) is 1. The molecule has 27 heavy (non-hydrogen) atoms. The Balaban J connectivity index is 2.09. The number of aryl methyl sites for hydroxylation is 1. The third kappa shape index (κ3) is 3.74. The zero-order valence-corrected chi connectivity index (χ0v) is 15.7. The van der Waals surface area contributed by atoms with Gasteiger partial charge in [-0.25, -0.2) is 4.79 Å². The zero-order valence-electron chi connectivity index (χ0n) is 15.7. The fourth-order valence-electron chi connectivity index (χ4n) is 3.17. The number of carbonyl (C=O) groups excluding carboxylic acids is 2. The van der Waals surface area contributed by atoms with E-state index in [0.717, 1.165) is 28.7 Å². The van der Waals surface area contributed by atoms with Crippen LogP contribution >= 0.6 is 0 Å². The molecular weight excluding hydrogens is 348 g/mol. The molecule has 0 saturated heterocycles. The molecule has 2 aromatic carbocycles. The van der Waals surface area contributed by atoms with Crippen molar-refractivity contribution in [2.45, 2.75) is 19.8 Å². The summed E-state index contributed by atoms with van der Waals surface area (Å²) in [7, 11) is 2.85. The molecular formula is C21H22O6. The van der Waals surface area contributed by atoms with Crippen LogP contribution in [0.15, 0.2) is 30.3 Å². The molecule has 6 nitrogen and oxygen atoms in total. The fourth-order valence-corrected chi connectivity index (χ4v) is 3.17. The van der Waals surface area contributed by atoms with E-state index in [1.807, 2.05) is 31.2 Å². The van der Waals surface area contributed by atoms with Crippen LogP contribution in [0.5, 0.6) is 17.2 Å². The Morgan fingerprint density at radius 1 is 1.00 bits per heavy atom. The Morgan fingerprint density at radius 2 is 1.78 bits per heavy atom. The van der Waals surface area contributed by atoms with Crippen molar-refractivity contribution < 1.29 is 28.5 Å². The van der Waals surface area contributed by atoms with Gasteiger partial charge in [0.25, 0.3) is 0 Å². The normalized spacial score (nSPS) is 12.5. The van der Waals surface area contributed by atoms with E-state index in [2.05, 4.69) is 4.74 Å². The van der Waals surface area contributed by atoms with Crippen molar-refractivity contribution in [3.05, 3.63) is 41.5 Å². The summed E-state index contributed by atoms with van der Waals surface area (Å²) in [5.74, 6) is 1.02. The molecule has 0 N–H and O–H groups in total. The summed E-state index contributed by atoms with van der Waals surface area (Å²) in [6, 6.07) is 9.36. The van der Waals surface area contributed by atoms with E-state index in [1.54, 1.807) is 13.2 Å². The van der Waals surface area contributed by atoms with Crippen LogP contribution in [-0.2, 0) is 16.0 Å². The number of benzene rings is 2. The largest absolute Gasteiger partial charge is 0.493 e. The topological polar surface area (TPSA) is 71.1 Å². The summed E-state index contributed by atoms with van der Waals surface area (Å²) in [6.07, 6.45) is 1.27. The molecule has 1 aliphatic rings. The van der Waals surface area contributed by atoms with E-state index in [-0.39, 0.29) is 12.4 Å². The lowest BCUT2D eigenvalue weighted by Crippen LogP contribution is -2.14. The van der Waals surface area contributed by atoms with Crippen LogP contribution in [0.4, 0.5) is 0 Å². The minimum absolute atomic E-state index is 0.170. The molecule has 2 aromatic rings. The fraction of sp³-hybridized carbons (Fsp3) is 0.333. The van der Waals surface area contributed by atoms with E-state index >= 15 is 0 Å². The summed E-state index contributed by atoms with van der Waals surface area (Å²) in [5.41, 5.74) is 3.43. The van der Waals surface area contributed by atoms with E-state index < -0.39 is 5.97 Å². The van der Waals surface area contributed by atoms with Gasteiger partial charge in [-0.3, -0.25) is 4.79 Å². The Hall–Kier alpha value is -3.02. The smallest absolute Gasteiger partial charge is 0.343 e. The number of esters is 1. The van der Waals surface area contributed by atoms with Crippen molar-refractivity contribution in [3.8, 4) is 28.4 Å². The van der Waals surface area contributed by atoms with Crippen LogP contribution in [0.1, 0.15) is 29.3 Å². The number of ether oxygens (including phenoxy) is 4. The maximum absolute atomic E-state index is 11.9. The number of rotatable bonds is 7. The molecule has 0 radical (unpaired) electrons. The lowest BCUT2D eigenvalue weighted by Gasteiger charge is -2.18. The van der Waals surface area contributed by atoms with Gasteiger partial charge in [0.2, 0.25) is 5.75 Å². The number of hydrogen-bond donors (Lipinski definition) is 0. The zero-order chi connectivity index (χ0) is 19.4. The standard InChI is InChI=1S/C21H22O6/c1-4-26-21-18(24-2)10-8-16(20(21)27-12-19(23)25-3)14-5-7-15-13(11-14)6-9-17(15)22/h5,7-8,10-11H,4,6,9,12H2,1-3H3. The highest BCUT2D eigenvalue weighted by Crippen LogP contribution is 2.45. The summed E-state index contributed by atoms with van der Waals surface area (Å²) >= 11 is 0. The number of ketones is 1. The van der Waals surface area contributed by atoms with Crippen molar-refractivity contribution in [3.63, 3.8) is 0 Å². The highest BCUT2D eigenvalue weighted by Gasteiger charge is 2.23. The van der Waals surface area contributed by atoms with E-state index in [1.165, 1.54) is 7.11 Å². The van der Waals surface area contributed by atoms with Crippen molar-refractivity contribution in [2.24, 2.45) is 0 Å². The maximum Gasteiger partial charge on any atom is 0.343 e. The molecule has 0 aliphatic heterocycles.